The van der Waals surface area contributed by atoms with Crippen LogP contribution >= 0.6 is 23.4 Å². The number of esters is 1. The zero-order valence-electron chi connectivity index (χ0n) is 23.6. The van der Waals surface area contributed by atoms with Crippen LogP contribution in [0.4, 0.5) is 4.79 Å². The van der Waals surface area contributed by atoms with Crippen LogP contribution in [0.5, 0.6) is 28.7 Å². The van der Waals surface area contributed by atoms with E-state index < -0.39 is 17.3 Å². The van der Waals surface area contributed by atoms with Crippen molar-refractivity contribution in [3.8, 4) is 28.7 Å². The molecular formula is C31H28ClNO9S. The molecule has 12 heteroatoms. The first-order valence-corrected chi connectivity index (χ1v) is 14.6. The highest BCUT2D eigenvalue weighted by Crippen LogP contribution is 2.52. The van der Waals surface area contributed by atoms with E-state index in [0.717, 1.165) is 17.3 Å². The number of fused-ring (bicyclic) bond motifs is 1. The van der Waals surface area contributed by atoms with E-state index in [1.54, 1.807) is 37.3 Å². The summed E-state index contributed by atoms with van der Waals surface area (Å²) in [4.78, 5) is 49.5. The Morgan fingerprint density at radius 1 is 1.05 bits per heavy atom. The third-order valence-electron chi connectivity index (χ3n) is 7.02. The Bertz CT molecular complexity index is 1590. The molecule has 2 heterocycles. The summed E-state index contributed by atoms with van der Waals surface area (Å²) >= 11 is 7.02. The van der Waals surface area contributed by atoms with Gasteiger partial charge in [0.15, 0.2) is 17.3 Å². The number of rotatable bonds is 10. The maximum atomic E-state index is 13.4. The fourth-order valence-electron chi connectivity index (χ4n) is 4.93. The molecule has 0 saturated carbocycles. The van der Waals surface area contributed by atoms with Crippen molar-refractivity contribution in [3.05, 3.63) is 75.8 Å². The van der Waals surface area contributed by atoms with E-state index in [1.807, 2.05) is 12.1 Å². The standard InChI is InChI=1S/C31H28ClNO9S/c1-16-24-22(34)15-21(11-12-40-20-9-7-17(8-10-20)13-23-29(35)33-31(37)43-23)41-26(24)28(39-3)27(38-2)25(16)42-30(36)18-5-4-6-19(32)14-18/h4-10,14,21,23H,11-13,15H2,1-3H3,(H,33,35,37). The van der Waals surface area contributed by atoms with Crippen LogP contribution in [-0.2, 0) is 11.2 Å². The van der Waals surface area contributed by atoms with Crippen LogP contribution in [0.25, 0.3) is 0 Å². The number of carbonyl (C=O) groups is 4. The lowest BCUT2D eigenvalue weighted by atomic mass is 9.93. The number of imide groups is 1. The molecule has 43 heavy (non-hydrogen) atoms. The summed E-state index contributed by atoms with van der Waals surface area (Å²) in [6, 6.07) is 13.6. The van der Waals surface area contributed by atoms with Gasteiger partial charge in [-0.25, -0.2) is 4.79 Å². The van der Waals surface area contributed by atoms with Crippen molar-refractivity contribution in [1.29, 1.82) is 0 Å². The summed E-state index contributed by atoms with van der Waals surface area (Å²) in [5.74, 6) is 0.0170. The Hall–Kier alpha value is -4.22. The topological polar surface area (TPSA) is 126 Å². The van der Waals surface area contributed by atoms with Gasteiger partial charge in [0.1, 0.15) is 11.9 Å². The minimum Gasteiger partial charge on any atom is -0.493 e. The summed E-state index contributed by atoms with van der Waals surface area (Å²) in [6.07, 6.45) is 0.441. The van der Waals surface area contributed by atoms with Crippen molar-refractivity contribution in [2.24, 2.45) is 0 Å². The second-order valence-corrected chi connectivity index (χ2v) is 11.5. The van der Waals surface area contributed by atoms with Gasteiger partial charge in [-0.05, 0) is 49.2 Å². The number of ketones is 1. The Morgan fingerprint density at radius 2 is 1.79 bits per heavy atom. The predicted octanol–water partition coefficient (Wildman–Crippen LogP) is 5.58. The van der Waals surface area contributed by atoms with Crippen molar-refractivity contribution in [2.75, 3.05) is 20.8 Å². The highest BCUT2D eigenvalue weighted by atomic mass is 35.5. The van der Waals surface area contributed by atoms with E-state index in [9.17, 15) is 19.2 Å². The maximum Gasteiger partial charge on any atom is 0.343 e. The molecule has 224 valence electrons. The molecule has 0 spiro atoms. The van der Waals surface area contributed by atoms with Gasteiger partial charge in [0.25, 0.3) is 5.24 Å². The summed E-state index contributed by atoms with van der Waals surface area (Å²) in [5.41, 5.74) is 1.79. The van der Waals surface area contributed by atoms with Gasteiger partial charge in [-0.15, -0.1) is 0 Å². The Balaban J connectivity index is 1.26. The number of ether oxygens (including phenoxy) is 5. The van der Waals surface area contributed by atoms with E-state index in [1.165, 1.54) is 20.3 Å². The molecule has 0 bridgehead atoms. The highest BCUT2D eigenvalue weighted by molar-refractivity contribution is 8.15. The minimum absolute atomic E-state index is 0.0593. The van der Waals surface area contributed by atoms with Gasteiger partial charge in [0, 0.05) is 23.4 Å². The van der Waals surface area contributed by atoms with E-state index in [4.69, 9.17) is 35.3 Å². The quantitative estimate of drug-likeness (QED) is 0.225. The van der Waals surface area contributed by atoms with Crippen LogP contribution in [-0.4, -0.2) is 55.1 Å². The number of methoxy groups -OCH3 is 2. The molecule has 10 nitrogen and oxygen atoms in total. The smallest absolute Gasteiger partial charge is 0.343 e. The number of halogens is 1. The van der Waals surface area contributed by atoms with Gasteiger partial charge in [-0.1, -0.05) is 41.6 Å². The zero-order chi connectivity index (χ0) is 30.7. The maximum absolute atomic E-state index is 13.4. The van der Waals surface area contributed by atoms with E-state index in [0.29, 0.717) is 29.2 Å². The summed E-state index contributed by atoms with van der Waals surface area (Å²) < 4.78 is 29.0. The molecule has 0 radical (unpaired) electrons. The van der Waals surface area contributed by atoms with Crippen molar-refractivity contribution >= 4 is 46.3 Å². The van der Waals surface area contributed by atoms with Crippen LogP contribution in [0.1, 0.15) is 44.7 Å². The Labute approximate surface area is 256 Å². The fourth-order valence-corrected chi connectivity index (χ4v) is 5.98. The number of benzene rings is 3. The number of amides is 2. The Kier molecular flexibility index (Phi) is 9.12. The average molecular weight is 626 g/mol. The molecule has 0 aromatic heterocycles. The largest absolute Gasteiger partial charge is 0.493 e. The normalized spacial score (nSPS) is 17.5. The minimum atomic E-state index is -0.670. The first-order valence-electron chi connectivity index (χ1n) is 13.4. The van der Waals surface area contributed by atoms with Crippen LogP contribution in [0.2, 0.25) is 5.02 Å². The number of Topliss-reactive ketones (excluding diaryl/α,β-unsaturated/α-hetero) is 1. The monoisotopic (exact) mass is 625 g/mol. The molecule has 2 atom stereocenters. The highest BCUT2D eigenvalue weighted by Gasteiger charge is 2.36. The summed E-state index contributed by atoms with van der Waals surface area (Å²) in [6.45, 7) is 1.93. The van der Waals surface area contributed by atoms with Crippen LogP contribution in [0.3, 0.4) is 0 Å². The molecule has 2 aliphatic rings. The van der Waals surface area contributed by atoms with Crippen molar-refractivity contribution in [2.45, 2.75) is 37.5 Å². The third-order valence-corrected chi connectivity index (χ3v) is 8.24. The molecule has 2 aliphatic heterocycles. The van der Waals surface area contributed by atoms with Crippen LogP contribution < -0.4 is 29.0 Å². The van der Waals surface area contributed by atoms with Crippen LogP contribution in [0.15, 0.2) is 48.5 Å². The first-order chi connectivity index (χ1) is 20.7. The number of nitrogens with one attached hydrogen (secondary N) is 1. The number of thioether (sulfide) groups is 1. The molecule has 5 rings (SSSR count). The fraction of sp³-hybridized carbons (Fsp3) is 0.290. The summed E-state index contributed by atoms with van der Waals surface area (Å²) in [5, 5.41) is 1.90. The number of hydrogen-bond acceptors (Lipinski definition) is 10. The zero-order valence-corrected chi connectivity index (χ0v) is 25.1. The van der Waals surface area contributed by atoms with Crippen molar-refractivity contribution < 1.29 is 42.9 Å². The molecule has 2 amide bonds. The van der Waals surface area contributed by atoms with Gasteiger partial charge < -0.3 is 23.7 Å². The molecule has 3 aromatic rings. The lowest BCUT2D eigenvalue weighted by molar-refractivity contribution is -0.118. The molecule has 3 aromatic carbocycles. The van der Waals surface area contributed by atoms with E-state index in [2.05, 4.69) is 5.32 Å². The molecule has 1 saturated heterocycles. The van der Waals surface area contributed by atoms with Gasteiger partial charge in [0.05, 0.1) is 37.2 Å². The van der Waals surface area contributed by atoms with Gasteiger partial charge in [-0.2, -0.15) is 0 Å². The molecule has 0 aliphatic carbocycles. The Morgan fingerprint density at radius 3 is 2.44 bits per heavy atom. The molecular weight excluding hydrogens is 598 g/mol. The lowest BCUT2D eigenvalue weighted by Gasteiger charge is -2.29. The lowest BCUT2D eigenvalue weighted by Crippen LogP contribution is -2.30. The third kappa shape index (κ3) is 6.57. The average Bonchev–Trinajstić information content (AvgIpc) is 3.30. The van der Waals surface area contributed by atoms with Gasteiger partial charge >= 0.3 is 5.97 Å². The number of hydrogen-bond donors (Lipinski definition) is 1. The second kappa shape index (κ2) is 13.0. The van der Waals surface area contributed by atoms with Crippen LogP contribution in [0, 0.1) is 6.92 Å². The molecule has 2 unspecified atom stereocenters. The van der Waals surface area contributed by atoms with E-state index in [-0.39, 0.29) is 64.1 Å². The predicted molar refractivity (Wildman–Crippen MR) is 159 cm³/mol. The molecule has 1 fully saturated rings. The van der Waals surface area contributed by atoms with Gasteiger partial charge in [0.2, 0.25) is 17.4 Å². The SMILES string of the molecule is COc1c(OC(=O)c2cccc(Cl)c2)c(C)c2c(c1OC)OC(CCOc1ccc(CC3SC(=O)NC3=O)cc1)CC2=O. The van der Waals surface area contributed by atoms with Crippen molar-refractivity contribution in [1.82, 2.24) is 5.32 Å². The number of carbonyl (C=O) groups excluding carboxylic acids is 4. The van der Waals surface area contributed by atoms with Gasteiger partial charge in [-0.3, -0.25) is 19.7 Å². The first kappa shape index (κ1) is 30.2. The van der Waals surface area contributed by atoms with Crippen molar-refractivity contribution in [3.63, 3.8) is 0 Å². The summed E-state index contributed by atoms with van der Waals surface area (Å²) in [7, 11) is 2.82. The van der Waals surface area contributed by atoms with E-state index >= 15 is 0 Å². The molecule has 1 N–H and O–H groups in total. The second-order valence-electron chi connectivity index (χ2n) is 9.86.